The molecule has 1 aromatic carbocycles. The summed E-state index contributed by atoms with van der Waals surface area (Å²) in [6.45, 7) is 3.60. The fourth-order valence-electron chi connectivity index (χ4n) is 1.30. The summed E-state index contributed by atoms with van der Waals surface area (Å²) in [5, 5.41) is 9.37. The number of phenolic OH excluding ortho intramolecular Hbond substituents is 1. The average Bonchev–Trinajstić information content (AvgIpc) is 2.19. The van der Waals surface area contributed by atoms with Crippen molar-refractivity contribution in [2.45, 2.75) is 26.4 Å². The van der Waals surface area contributed by atoms with Crippen LogP contribution >= 0.6 is 0 Å². The number of hydrogen-bond acceptors (Lipinski definition) is 4. The van der Waals surface area contributed by atoms with Gasteiger partial charge in [0.1, 0.15) is 0 Å². The number of benzene rings is 1. The van der Waals surface area contributed by atoms with Gasteiger partial charge in [0.05, 0.1) is 19.6 Å². The van der Waals surface area contributed by atoms with Crippen molar-refractivity contribution in [1.82, 2.24) is 0 Å². The van der Waals surface area contributed by atoms with E-state index in [2.05, 4.69) is 0 Å². The molecule has 0 amide bonds. The Balaban J connectivity index is 2.71. The van der Waals surface area contributed by atoms with Gasteiger partial charge in [-0.15, -0.1) is 0 Å². The first-order chi connectivity index (χ1) is 7.52. The van der Waals surface area contributed by atoms with E-state index in [1.807, 2.05) is 0 Å². The summed E-state index contributed by atoms with van der Waals surface area (Å²) in [5.41, 5.74) is 0.750. The van der Waals surface area contributed by atoms with Gasteiger partial charge in [0, 0.05) is 0 Å². The zero-order valence-corrected chi connectivity index (χ0v) is 9.69. The van der Waals surface area contributed by atoms with E-state index in [9.17, 15) is 9.90 Å². The Morgan fingerprint density at radius 2 is 2.12 bits per heavy atom. The van der Waals surface area contributed by atoms with Crippen LogP contribution in [0.2, 0.25) is 0 Å². The summed E-state index contributed by atoms with van der Waals surface area (Å²) in [4.78, 5) is 11.4. The monoisotopic (exact) mass is 224 g/mol. The molecule has 0 unspecified atom stereocenters. The van der Waals surface area contributed by atoms with Crippen molar-refractivity contribution in [3.8, 4) is 11.5 Å². The van der Waals surface area contributed by atoms with Gasteiger partial charge in [-0.2, -0.15) is 0 Å². The summed E-state index contributed by atoms with van der Waals surface area (Å²) in [5.74, 6) is 0.126. The van der Waals surface area contributed by atoms with Gasteiger partial charge < -0.3 is 14.6 Å². The summed E-state index contributed by atoms with van der Waals surface area (Å²) in [6, 6.07) is 4.78. The van der Waals surface area contributed by atoms with Crippen molar-refractivity contribution in [3.63, 3.8) is 0 Å². The second kappa shape index (κ2) is 5.39. The van der Waals surface area contributed by atoms with Crippen LogP contribution in [-0.4, -0.2) is 24.3 Å². The predicted octanol–water partition coefficient (Wildman–Crippen LogP) is 1.89. The number of phenols is 1. The molecule has 0 atom stereocenters. The molecule has 0 aromatic heterocycles. The van der Waals surface area contributed by atoms with Crippen LogP contribution in [0.5, 0.6) is 11.5 Å². The number of hydrogen-bond donors (Lipinski definition) is 1. The first kappa shape index (κ1) is 12.4. The van der Waals surface area contributed by atoms with Crippen molar-refractivity contribution in [2.75, 3.05) is 7.11 Å². The normalized spacial score (nSPS) is 10.2. The maximum absolute atomic E-state index is 11.4. The van der Waals surface area contributed by atoms with Crippen LogP contribution in [0.25, 0.3) is 0 Å². The third-order valence-corrected chi connectivity index (χ3v) is 1.96. The molecule has 88 valence electrons. The Morgan fingerprint density at radius 1 is 1.44 bits per heavy atom. The molecule has 1 rings (SSSR count). The second-order valence-electron chi connectivity index (χ2n) is 3.72. The molecule has 4 nitrogen and oxygen atoms in total. The number of aromatic hydroxyl groups is 1. The van der Waals surface area contributed by atoms with Gasteiger partial charge in [0.15, 0.2) is 11.5 Å². The summed E-state index contributed by atoms with van der Waals surface area (Å²) in [7, 11) is 1.46. The third-order valence-electron chi connectivity index (χ3n) is 1.96. The molecule has 0 aliphatic carbocycles. The lowest BCUT2D eigenvalue weighted by Gasteiger charge is -2.09. The number of esters is 1. The number of rotatable bonds is 4. The maximum atomic E-state index is 11.4. The van der Waals surface area contributed by atoms with E-state index in [1.165, 1.54) is 13.2 Å². The zero-order chi connectivity index (χ0) is 12.1. The molecular formula is C12H16O4. The highest BCUT2D eigenvalue weighted by molar-refractivity contribution is 5.73. The van der Waals surface area contributed by atoms with Gasteiger partial charge in [-0.3, -0.25) is 4.79 Å². The highest BCUT2D eigenvalue weighted by Gasteiger charge is 2.09. The molecule has 0 fully saturated rings. The minimum Gasteiger partial charge on any atom is -0.504 e. The van der Waals surface area contributed by atoms with E-state index in [0.29, 0.717) is 5.75 Å². The molecule has 0 spiro atoms. The highest BCUT2D eigenvalue weighted by Crippen LogP contribution is 2.26. The Morgan fingerprint density at radius 3 is 2.69 bits per heavy atom. The Bertz CT molecular complexity index is 371. The largest absolute Gasteiger partial charge is 0.504 e. The van der Waals surface area contributed by atoms with Crippen molar-refractivity contribution < 1.29 is 19.4 Å². The van der Waals surface area contributed by atoms with E-state index in [-0.39, 0.29) is 24.2 Å². The molecule has 0 aliphatic heterocycles. The lowest BCUT2D eigenvalue weighted by atomic mass is 10.1. The number of carbonyl (C=O) groups is 1. The van der Waals surface area contributed by atoms with Gasteiger partial charge in [-0.05, 0) is 31.5 Å². The first-order valence-electron chi connectivity index (χ1n) is 5.08. The molecule has 4 heteroatoms. The first-order valence-corrected chi connectivity index (χ1v) is 5.08. The second-order valence-corrected chi connectivity index (χ2v) is 3.72. The van der Waals surface area contributed by atoms with Crippen LogP contribution in [0.3, 0.4) is 0 Å². The Kier molecular flexibility index (Phi) is 4.17. The fraction of sp³-hybridized carbons (Fsp3) is 0.417. The standard InChI is InChI=1S/C12H16O4/c1-8(2)16-12(14)7-9-4-5-10(13)11(6-9)15-3/h4-6,8,13H,7H2,1-3H3. The van der Waals surface area contributed by atoms with Crippen LogP contribution < -0.4 is 4.74 Å². The molecule has 0 aliphatic rings. The van der Waals surface area contributed by atoms with Gasteiger partial charge in [-0.1, -0.05) is 6.07 Å². The van der Waals surface area contributed by atoms with E-state index < -0.39 is 0 Å². The van der Waals surface area contributed by atoms with Crippen LogP contribution in [0, 0.1) is 0 Å². The molecule has 0 saturated carbocycles. The topological polar surface area (TPSA) is 55.8 Å². The molecule has 16 heavy (non-hydrogen) atoms. The van der Waals surface area contributed by atoms with Gasteiger partial charge in [-0.25, -0.2) is 0 Å². The zero-order valence-electron chi connectivity index (χ0n) is 9.69. The third kappa shape index (κ3) is 3.46. The number of carbonyl (C=O) groups excluding carboxylic acids is 1. The van der Waals surface area contributed by atoms with E-state index in [4.69, 9.17) is 9.47 Å². The lowest BCUT2D eigenvalue weighted by molar-refractivity contribution is -0.146. The average molecular weight is 224 g/mol. The van der Waals surface area contributed by atoms with Gasteiger partial charge in [0.2, 0.25) is 0 Å². The van der Waals surface area contributed by atoms with Crippen LogP contribution in [0.1, 0.15) is 19.4 Å². The molecule has 0 heterocycles. The van der Waals surface area contributed by atoms with Crippen molar-refractivity contribution in [2.24, 2.45) is 0 Å². The van der Waals surface area contributed by atoms with Crippen molar-refractivity contribution >= 4 is 5.97 Å². The Hall–Kier alpha value is -1.71. The van der Waals surface area contributed by atoms with E-state index in [0.717, 1.165) is 5.56 Å². The predicted molar refractivity (Wildman–Crippen MR) is 59.6 cm³/mol. The maximum Gasteiger partial charge on any atom is 0.310 e. The SMILES string of the molecule is COc1cc(CC(=O)OC(C)C)ccc1O. The fourth-order valence-corrected chi connectivity index (χ4v) is 1.30. The molecule has 0 bridgehead atoms. The summed E-state index contributed by atoms with van der Waals surface area (Å²) >= 11 is 0. The van der Waals surface area contributed by atoms with Crippen LogP contribution in [0.15, 0.2) is 18.2 Å². The molecule has 1 aromatic rings. The van der Waals surface area contributed by atoms with Gasteiger partial charge >= 0.3 is 5.97 Å². The van der Waals surface area contributed by atoms with Gasteiger partial charge in [0.25, 0.3) is 0 Å². The van der Waals surface area contributed by atoms with E-state index in [1.54, 1.807) is 26.0 Å². The Labute approximate surface area is 94.8 Å². The number of ether oxygens (including phenoxy) is 2. The minimum atomic E-state index is -0.289. The highest BCUT2D eigenvalue weighted by atomic mass is 16.5. The van der Waals surface area contributed by atoms with Crippen molar-refractivity contribution in [1.29, 1.82) is 0 Å². The van der Waals surface area contributed by atoms with Crippen molar-refractivity contribution in [3.05, 3.63) is 23.8 Å². The smallest absolute Gasteiger partial charge is 0.310 e. The number of methoxy groups -OCH3 is 1. The van der Waals surface area contributed by atoms with Crippen LogP contribution in [0.4, 0.5) is 0 Å². The molecule has 0 radical (unpaired) electrons. The quantitative estimate of drug-likeness (QED) is 0.793. The van der Waals surface area contributed by atoms with Crippen LogP contribution in [-0.2, 0) is 16.0 Å². The summed E-state index contributed by atoms with van der Waals surface area (Å²) in [6.07, 6.45) is 0.0564. The molecular weight excluding hydrogens is 208 g/mol. The summed E-state index contributed by atoms with van der Waals surface area (Å²) < 4.78 is 9.96. The van der Waals surface area contributed by atoms with E-state index >= 15 is 0 Å². The molecule has 1 N–H and O–H groups in total. The molecule has 0 saturated heterocycles. The lowest BCUT2D eigenvalue weighted by Crippen LogP contribution is -2.13. The minimum absolute atomic E-state index is 0.0588.